The van der Waals surface area contributed by atoms with Crippen LogP contribution in [0.15, 0.2) is 24.3 Å². The first-order valence-electron chi connectivity index (χ1n) is 5.60. The first kappa shape index (κ1) is 14.2. The summed E-state index contributed by atoms with van der Waals surface area (Å²) in [6, 6.07) is 6.52. The Hall–Kier alpha value is -1.88. The molecule has 1 amide bonds. The van der Waals surface area contributed by atoms with Gasteiger partial charge in [0.25, 0.3) is 0 Å². The molecule has 1 aromatic rings. The standard InChI is InChI=1S/C13H17NO4/c1-9-4-3-5-10(6-9)7-12(16)14-11(8-15)13(17)18-2/h3-6,11,15H,7-8H2,1-2H3,(H,14,16). The van der Waals surface area contributed by atoms with Gasteiger partial charge in [-0.2, -0.15) is 0 Å². The maximum absolute atomic E-state index is 11.7. The van der Waals surface area contributed by atoms with Crippen molar-refractivity contribution in [1.29, 1.82) is 0 Å². The molecule has 1 rings (SSSR count). The van der Waals surface area contributed by atoms with Crippen LogP contribution in [0.4, 0.5) is 0 Å². The number of ether oxygens (including phenoxy) is 1. The number of carbonyl (C=O) groups excluding carboxylic acids is 2. The zero-order chi connectivity index (χ0) is 13.5. The molecule has 18 heavy (non-hydrogen) atoms. The average molecular weight is 251 g/mol. The molecule has 2 N–H and O–H groups in total. The highest BCUT2D eigenvalue weighted by atomic mass is 16.5. The molecule has 1 atom stereocenters. The van der Waals surface area contributed by atoms with Crippen LogP contribution in [0, 0.1) is 6.92 Å². The van der Waals surface area contributed by atoms with Crippen molar-refractivity contribution in [1.82, 2.24) is 5.32 Å². The molecule has 0 aliphatic carbocycles. The Kier molecular flexibility index (Phi) is 5.32. The van der Waals surface area contributed by atoms with Crippen LogP contribution in [-0.4, -0.2) is 36.7 Å². The third-order valence-corrected chi connectivity index (χ3v) is 2.45. The molecule has 0 heterocycles. The highest BCUT2D eigenvalue weighted by Gasteiger charge is 2.20. The van der Waals surface area contributed by atoms with E-state index in [2.05, 4.69) is 10.1 Å². The second-order valence-electron chi connectivity index (χ2n) is 3.99. The van der Waals surface area contributed by atoms with Gasteiger partial charge in [0, 0.05) is 0 Å². The smallest absolute Gasteiger partial charge is 0.330 e. The molecule has 0 saturated carbocycles. The number of rotatable bonds is 5. The van der Waals surface area contributed by atoms with Crippen LogP contribution in [0.5, 0.6) is 0 Å². The van der Waals surface area contributed by atoms with Crippen LogP contribution in [0.2, 0.25) is 0 Å². The Bertz CT molecular complexity index is 431. The number of hydrogen-bond acceptors (Lipinski definition) is 4. The molecule has 5 heteroatoms. The Morgan fingerprint density at radius 3 is 2.72 bits per heavy atom. The topological polar surface area (TPSA) is 75.6 Å². The van der Waals surface area contributed by atoms with Gasteiger partial charge < -0.3 is 15.2 Å². The fraction of sp³-hybridized carbons (Fsp3) is 0.385. The third kappa shape index (κ3) is 4.18. The van der Waals surface area contributed by atoms with E-state index in [1.54, 1.807) is 0 Å². The number of aliphatic hydroxyl groups is 1. The molecule has 0 aliphatic rings. The van der Waals surface area contributed by atoms with Gasteiger partial charge in [0.2, 0.25) is 5.91 Å². The summed E-state index contributed by atoms with van der Waals surface area (Å²) in [4.78, 5) is 22.9. The van der Waals surface area contributed by atoms with Gasteiger partial charge in [-0.25, -0.2) is 4.79 Å². The number of benzene rings is 1. The minimum absolute atomic E-state index is 0.162. The molecular weight excluding hydrogens is 234 g/mol. The van der Waals surface area contributed by atoms with Gasteiger partial charge in [0.05, 0.1) is 20.1 Å². The van der Waals surface area contributed by atoms with Crippen molar-refractivity contribution in [3.63, 3.8) is 0 Å². The summed E-state index contributed by atoms with van der Waals surface area (Å²) in [5, 5.41) is 11.4. The van der Waals surface area contributed by atoms with E-state index in [0.29, 0.717) is 0 Å². The lowest BCUT2D eigenvalue weighted by molar-refractivity contribution is -0.146. The second kappa shape index (κ2) is 6.76. The van der Waals surface area contributed by atoms with Gasteiger partial charge in [-0.3, -0.25) is 4.79 Å². The van der Waals surface area contributed by atoms with E-state index in [-0.39, 0.29) is 12.3 Å². The van der Waals surface area contributed by atoms with Gasteiger partial charge in [-0.1, -0.05) is 29.8 Å². The first-order valence-corrected chi connectivity index (χ1v) is 5.60. The summed E-state index contributed by atoms with van der Waals surface area (Å²) in [6.45, 7) is 1.46. The van der Waals surface area contributed by atoms with Crippen molar-refractivity contribution < 1.29 is 19.4 Å². The SMILES string of the molecule is COC(=O)C(CO)NC(=O)Cc1cccc(C)c1. The molecule has 0 saturated heterocycles. The normalized spacial score (nSPS) is 11.7. The molecule has 5 nitrogen and oxygen atoms in total. The van der Waals surface area contributed by atoms with Crippen molar-refractivity contribution in [2.75, 3.05) is 13.7 Å². The Labute approximate surface area is 106 Å². The second-order valence-corrected chi connectivity index (χ2v) is 3.99. The number of methoxy groups -OCH3 is 1. The molecule has 0 bridgehead atoms. The van der Waals surface area contributed by atoms with Crippen molar-refractivity contribution in [2.24, 2.45) is 0 Å². The van der Waals surface area contributed by atoms with Crippen molar-refractivity contribution >= 4 is 11.9 Å². The summed E-state index contributed by atoms with van der Waals surface area (Å²) < 4.78 is 4.46. The average Bonchev–Trinajstić information content (AvgIpc) is 2.35. The number of amides is 1. The molecule has 0 spiro atoms. The summed E-state index contributed by atoms with van der Waals surface area (Å²) in [7, 11) is 1.21. The van der Waals surface area contributed by atoms with E-state index < -0.39 is 18.6 Å². The van der Waals surface area contributed by atoms with E-state index in [0.717, 1.165) is 11.1 Å². The van der Waals surface area contributed by atoms with Gasteiger partial charge in [-0.05, 0) is 12.5 Å². The maximum atomic E-state index is 11.7. The van der Waals surface area contributed by atoms with Crippen molar-refractivity contribution in [3.05, 3.63) is 35.4 Å². The van der Waals surface area contributed by atoms with Gasteiger partial charge >= 0.3 is 5.97 Å². The van der Waals surface area contributed by atoms with Crippen LogP contribution >= 0.6 is 0 Å². The summed E-state index contributed by atoms with van der Waals surface area (Å²) in [6.07, 6.45) is 0.162. The minimum atomic E-state index is -1.01. The predicted molar refractivity (Wildman–Crippen MR) is 65.9 cm³/mol. The van der Waals surface area contributed by atoms with Gasteiger partial charge in [-0.15, -0.1) is 0 Å². The fourth-order valence-corrected chi connectivity index (χ4v) is 1.57. The van der Waals surface area contributed by atoms with E-state index >= 15 is 0 Å². The molecule has 0 radical (unpaired) electrons. The van der Waals surface area contributed by atoms with Gasteiger partial charge in [0.1, 0.15) is 0 Å². The van der Waals surface area contributed by atoms with E-state index in [1.807, 2.05) is 31.2 Å². The molecule has 1 unspecified atom stereocenters. The minimum Gasteiger partial charge on any atom is -0.467 e. The zero-order valence-corrected chi connectivity index (χ0v) is 10.5. The Morgan fingerprint density at radius 1 is 1.44 bits per heavy atom. The monoisotopic (exact) mass is 251 g/mol. The summed E-state index contributed by atoms with van der Waals surface area (Å²) in [5.41, 5.74) is 1.92. The largest absolute Gasteiger partial charge is 0.467 e. The molecule has 0 aliphatic heterocycles. The third-order valence-electron chi connectivity index (χ3n) is 2.45. The quantitative estimate of drug-likeness (QED) is 0.732. The number of carbonyl (C=O) groups is 2. The van der Waals surface area contributed by atoms with Crippen LogP contribution in [-0.2, 0) is 20.7 Å². The molecule has 1 aromatic carbocycles. The maximum Gasteiger partial charge on any atom is 0.330 e. The van der Waals surface area contributed by atoms with E-state index in [9.17, 15) is 9.59 Å². The van der Waals surface area contributed by atoms with Crippen LogP contribution in [0.1, 0.15) is 11.1 Å². The lowest BCUT2D eigenvalue weighted by Crippen LogP contribution is -2.44. The molecule has 98 valence electrons. The number of aliphatic hydroxyl groups excluding tert-OH is 1. The zero-order valence-electron chi connectivity index (χ0n) is 10.5. The van der Waals surface area contributed by atoms with Crippen LogP contribution in [0.25, 0.3) is 0 Å². The molecular formula is C13H17NO4. The van der Waals surface area contributed by atoms with E-state index in [4.69, 9.17) is 5.11 Å². The summed E-state index contributed by atoms with van der Waals surface area (Å²) >= 11 is 0. The number of hydrogen-bond donors (Lipinski definition) is 2. The highest BCUT2D eigenvalue weighted by molar-refractivity contribution is 5.85. The lowest BCUT2D eigenvalue weighted by Gasteiger charge is -2.13. The Balaban J connectivity index is 2.58. The number of nitrogens with one attached hydrogen (secondary N) is 1. The summed E-state index contributed by atoms with van der Waals surface area (Å²) in [5.74, 6) is -0.986. The molecule has 0 aromatic heterocycles. The van der Waals surface area contributed by atoms with Crippen molar-refractivity contribution in [3.8, 4) is 0 Å². The number of aryl methyl sites for hydroxylation is 1. The van der Waals surface area contributed by atoms with Crippen molar-refractivity contribution in [2.45, 2.75) is 19.4 Å². The van der Waals surface area contributed by atoms with Gasteiger partial charge in [0.15, 0.2) is 6.04 Å². The fourth-order valence-electron chi connectivity index (χ4n) is 1.57. The van der Waals surface area contributed by atoms with E-state index in [1.165, 1.54) is 7.11 Å². The lowest BCUT2D eigenvalue weighted by atomic mass is 10.1. The Morgan fingerprint density at radius 2 is 2.17 bits per heavy atom. The van der Waals surface area contributed by atoms with Crippen LogP contribution in [0.3, 0.4) is 0 Å². The molecule has 0 fully saturated rings. The number of esters is 1. The predicted octanol–water partition coefficient (Wildman–Crippen LogP) is 0.188. The van der Waals surface area contributed by atoms with Crippen LogP contribution < -0.4 is 5.32 Å². The highest BCUT2D eigenvalue weighted by Crippen LogP contribution is 2.04. The first-order chi connectivity index (χ1) is 8.56.